The molecular formula is C18H17NO2. The molecule has 3 rings (SSSR count). The lowest BCUT2D eigenvalue weighted by atomic mass is 10.1. The van der Waals surface area contributed by atoms with Crippen molar-refractivity contribution >= 4 is 16.9 Å². The van der Waals surface area contributed by atoms with Crippen molar-refractivity contribution in [3.05, 3.63) is 71.5 Å². The Kier molecular flexibility index (Phi) is 3.73. The van der Waals surface area contributed by atoms with Crippen LogP contribution in [0.2, 0.25) is 0 Å². The number of nitrogens with one attached hydrogen (secondary N) is 1. The van der Waals surface area contributed by atoms with Crippen molar-refractivity contribution in [3.8, 4) is 0 Å². The molecule has 0 atom stereocenters. The van der Waals surface area contributed by atoms with E-state index in [1.807, 2.05) is 43.3 Å². The van der Waals surface area contributed by atoms with Crippen molar-refractivity contribution in [1.29, 1.82) is 0 Å². The quantitative estimate of drug-likeness (QED) is 0.791. The van der Waals surface area contributed by atoms with Crippen LogP contribution in [-0.2, 0) is 6.42 Å². The number of hydrogen-bond donors (Lipinski definition) is 1. The van der Waals surface area contributed by atoms with Gasteiger partial charge in [-0.1, -0.05) is 42.5 Å². The third-order valence-corrected chi connectivity index (χ3v) is 3.44. The predicted octanol–water partition coefficient (Wildman–Crippen LogP) is 3.71. The molecule has 3 aromatic rings. The van der Waals surface area contributed by atoms with Crippen molar-refractivity contribution in [2.24, 2.45) is 0 Å². The molecule has 0 aliphatic rings. The van der Waals surface area contributed by atoms with E-state index in [1.165, 1.54) is 5.56 Å². The molecule has 21 heavy (non-hydrogen) atoms. The minimum absolute atomic E-state index is 0.167. The number of carbonyl (C=O) groups excluding carboxylic acids is 1. The van der Waals surface area contributed by atoms with E-state index in [0.29, 0.717) is 12.3 Å². The van der Waals surface area contributed by atoms with Gasteiger partial charge in [-0.15, -0.1) is 0 Å². The second-order valence-electron chi connectivity index (χ2n) is 5.14. The molecule has 3 heteroatoms. The fraction of sp³-hybridized carbons (Fsp3) is 0.167. The summed E-state index contributed by atoms with van der Waals surface area (Å²) in [7, 11) is 0. The van der Waals surface area contributed by atoms with E-state index >= 15 is 0 Å². The van der Waals surface area contributed by atoms with Gasteiger partial charge in [0.15, 0.2) is 5.76 Å². The minimum atomic E-state index is -0.167. The Morgan fingerprint density at radius 3 is 2.71 bits per heavy atom. The number of benzene rings is 2. The average Bonchev–Trinajstić information content (AvgIpc) is 2.91. The number of furan rings is 1. The second kappa shape index (κ2) is 5.83. The molecule has 3 nitrogen and oxygen atoms in total. The van der Waals surface area contributed by atoms with Gasteiger partial charge in [0.25, 0.3) is 5.91 Å². The lowest BCUT2D eigenvalue weighted by molar-refractivity contribution is 0.0928. The minimum Gasteiger partial charge on any atom is -0.451 e. The van der Waals surface area contributed by atoms with Crippen LogP contribution in [0, 0.1) is 6.92 Å². The van der Waals surface area contributed by atoms with Gasteiger partial charge in [0.05, 0.1) is 0 Å². The van der Waals surface area contributed by atoms with Crippen LogP contribution in [0.25, 0.3) is 11.0 Å². The molecule has 1 aromatic heterocycles. The SMILES string of the molecule is Cc1ccc2cc(C(=O)NCCc3ccccc3)oc2c1. The largest absolute Gasteiger partial charge is 0.451 e. The topological polar surface area (TPSA) is 42.2 Å². The summed E-state index contributed by atoms with van der Waals surface area (Å²) in [6.45, 7) is 2.60. The summed E-state index contributed by atoms with van der Waals surface area (Å²) in [5, 5.41) is 3.84. The molecule has 0 unspecified atom stereocenters. The van der Waals surface area contributed by atoms with Gasteiger partial charge in [0.1, 0.15) is 5.58 Å². The molecule has 0 saturated carbocycles. The highest BCUT2D eigenvalue weighted by molar-refractivity contribution is 5.96. The zero-order chi connectivity index (χ0) is 14.7. The van der Waals surface area contributed by atoms with Gasteiger partial charge in [0, 0.05) is 11.9 Å². The van der Waals surface area contributed by atoms with Gasteiger partial charge in [-0.25, -0.2) is 0 Å². The summed E-state index contributed by atoms with van der Waals surface area (Å²) in [5.74, 6) is 0.198. The number of carbonyl (C=O) groups is 1. The number of fused-ring (bicyclic) bond motifs is 1. The van der Waals surface area contributed by atoms with Crippen LogP contribution in [0.4, 0.5) is 0 Å². The van der Waals surface area contributed by atoms with E-state index in [1.54, 1.807) is 6.07 Å². The van der Waals surface area contributed by atoms with Crippen LogP contribution >= 0.6 is 0 Å². The summed E-state index contributed by atoms with van der Waals surface area (Å²) < 4.78 is 5.60. The summed E-state index contributed by atoms with van der Waals surface area (Å²) >= 11 is 0. The Labute approximate surface area is 123 Å². The smallest absolute Gasteiger partial charge is 0.287 e. The first-order chi connectivity index (χ1) is 10.2. The van der Waals surface area contributed by atoms with Crippen molar-refractivity contribution in [2.45, 2.75) is 13.3 Å². The molecule has 2 aromatic carbocycles. The van der Waals surface area contributed by atoms with Gasteiger partial charge in [-0.3, -0.25) is 4.79 Å². The molecule has 0 spiro atoms. The van der Waals surface area contributed by atoms with Crippen LogP contribution in [0.1, 0.15) is 21.7 Å². The van der Waals surface area contributed by atoms with Crippen LogP contribution < -0.4 is 5.32 Å². The van der Waals surface area contributed by atoms with Crippen molar-refractivity contribution in [1.82, 2.24) is 5.32 Å². The summed E-state index contributed by atoms with van der Waals surface area (Å²) in [6, 6.07) is 17.8. The van der Waals surface area contributed by atoms with Gasteiger partial charge in [-0.05, 0) is 36.6 Å². The fourth-order valence-electron chi connectivity index (χ4n) is 2.30. The van der Waals surface area contributed by atoms with Crippen LogP contribution in [-0.4, -0.2) is 12.5 Å². The predicted molar refractivity (Wildman–Crippen MR) is 83.4 cm³/mol. The Bertz CT molecular complexity index is 759. The van der Waals surface area contributed by atoms with E-state index in [-0.39, 0.29) is 5.91 Å². The van der Waals surface area contributed by atoms with Gasteiger partial charge in [0.2, 0.25) is 0 Å². The molecular weight excluding hydrogens is 262 g/mol. The monoisotopic (exact) mass is 279 g/mol. The molecule has 0 saturated heterocycles. The number of amides is 1. The van der Waals surface area contributed by atoms with E-state index in [0.717, 1.165) is 23.0 Å². The molecule has 0 radical (unpaired) electrons. The lowest BCUT2D eigenvalue weighted by Gasteiger charge is -2.03. The summed E-state index contributed by atoms with van der Waals surface area (Å²) in [4.78, 5) is 12.1. The van der Waals surface area contributed by atoms with E-state index in [4.69, 9.17) is 4.42 Å². The molecule has 1 N–H and O–H groups in total. The Balaban J connectivity index is 1.64. The van der Waals surface area contributed by atoms with E-state index in [2.05, 4.69) is 17.4 Å². The standard InChI is InChI=1S/C18H17NO2/c1-13-7-8-15-12-17(21-16(15)11-13)18(20)19-10-9-14-5-3-2-4-6-14/h2-8,11-12H,9-10H2,1H3,(H,19,20). The van der Waals surface area contributed by atoms with E-state index in [9.17, 15) is 4.79 Å². The molecule has 1 amide bonds. The maximum Gasteiger partial charge on any atom is 0.287 e. The average molecular weight is 279 g/mol. The molecule has 1 heterocycles. The normalized spacial score (nSPS) is 10.7. The van der Waals surface area contributed by atoms with Crippen molar-refractivity contribution in [3.63, 3.8) is 0 Å². The third kappa shape index (κ3) is 3.14. The maximum absolute atomic E-state index is 12.1. The van der Waals surface area contributed by atoms with Gasteiger partial charge < -0.3 is 9.73 Å². The molecule has 106 valence electrons. The highest BCUT2D eigenvalue weighted by atomic mass is 16.3. The van der Waals surface area contributed by atoms with Crippen LogP contribution in [0.3, 0.4) is 0 Å². The molecule has 0 aliphatic heterocycles. The highest BCUT2D eigenvalue weighted by Crippen LogP contribution is 2.20. The Morgan fingerprint density at radius 2 is 1.90 bits per heavy atom. The Morgan fingerprint density at radius 1 is 1.10 bits per heavy atom. The zero-order valence-corrected chi connectivity index (χ0v) is 11.9. The highest BCUT2D eigenvalue weighted by Gasteiger charge is 2.11. The van der Waals surface area contributed by atoms with Gasteiger partial charge >= 0.3 is 0 Å². The number of rotatable bonds is 4. The third-order valence-electron chi connectivity index (χ3n) is 3.44. The second-order valence-corrected chi connectivity index (χ2v) is 5.14. The first-order valence-electron chi connectivity index (χ1n) is 7.05. The molecule has 0 bridgehead atoms. The van der Waals surface area contributed by atoms with Crippen LogP contribution in [0.5, 0.6) is 0 Å². The van der Waals surface area contributed by atoms with Gasteiger partial charge in [-0.2, -0.15) is 0 Å². The van der Waals surface area contributed by atoms with Crippen molar-refractivity contribution < 1.29 is 9.21 Å². The fourth-order valence-corrected chi connectivity index (χ4v) is 2.30. The zero-order valence-electron chi connectivity index (χ0n) is 11.9. The first kappa shape index (κ1) is 13.4. The first-order valence-corrected chi connectivity index (χ1v) is 7.05. The van der Waals surface area contributed by atoms with E-state index < -0.39 is 0 Å². The van der Waals surface area contributed by atoms with Crippen molar-refractivity contribution in [2.75, 3.05) is 6.54 Å². The Hall–Kier alpha value is -2.55. The number of hydrogen-bond acceptors (Lipinski definition) is 2. The lowest BCUT2D eigenvalue weighted by Crippen LogP contribution is -2.25. The maximum atomic E-state index is 12.1. The van der Waals surface area contributed by atoms with Crippen LogP contribution in [0.15, 0.2) is 59.0 Å². The molecule has 0 aliphatic carbocycles. The number of aryl methyl sites for hydroxylation is 1. The molecule has 0 fully saturated rings. The summed E-state index contributed by atoms with van der Waals surface area (Å²) in [5.41, 5.74) is 3.08. The summed E-state index contributed by atoms with van der Waals surface area (Å²) in [6.07, 6.45) is 0.811.